The quantitative estimate of drug-likeness (QED) is 0.845. The SMILES string of the molecule is CC(C)(C)OC(=O)N1[C@H](C(=O)O)C[C@@]2(COC3CCCCO3)C[C@@H]12. The molecule has 7 heteroatoms. The molecule has 7 nitrogen and oxygen atoms in total. The van der Waals surface area contributed by atoms with E-state index < -0.39 is 23.7 Å². The van der Waals surface area contributed by atoms with Gasteiger partial charge in [0.25, 0.3) is 0 Å². The monoisotopic (exact) mass is 341 g/mol. The number of carbonyl (C=O) groups is 2. The van der Waals surface area contributed by atoms with Crippen LogP contribution in [0.25, 0.3) is 0 Å². The Morgan fingerprint density at radius 2 is 2.04 bits per heavy atom. The van der Waals surface area contributed by atoms with Crippen molar-refractivity contribution in [2.24, 2.45) is 5.41 Å². The predicted octanol–water partition coefficient (Wildman–Crippen LogP) is 2.38. The number of carboxylic acids is 1. The first-order valence-corrected chi connectivity index (χ1v) is 8.69. The minimum absolute atomic E-state index is 0.114. The number of carbonyl (C=O) groups excluding carboxylic acids is 1. The summed E-state index contributed by atoms with van der Waals surface area (Å²) in [7, 11) is 0. The molecule has 3 aliphatic rings. The van der Waals surface area contributed by atoms with Crippen molar-refractivity contribution in [3.05, 3.63) is 0 Å². The van der Waals surface area contributed by atoms with E-state index in [0.717, 1.165) is 25.7 Å². The summed E-state index contributed by atoms with van der Waals surface area (Å²) in [4.78, 5) is 25.4. The number of amides is 1. The largest absolute Gasteiger partial charge is 0.480 e. The number of carboxylic acid groups (broad SMARTS) is 1. The second-order valence-electron chi connectivity index (χ2n) is 8.14. The van der Waals surface area contributed by atoms with Crippen LogP contribution in [-0.4, -0.2) is 59.3 Å². The summed E-state index contributed by atoms with van der Waals surface area (Å²) in [6, 6.07) is -0.952. The van der Waals surface area contributed by atoms with Crippen LogP contribution >= 0.6 is 0 Å². The summed E-state index contributed by atoms with van der Waals surface area (Å²) in [6.07, 6.45) is 3.45. The van der Waals surface area contributed by atoms with Crippen molar-refractivity contribution in [1.82, 2.24) is 4.90 Å². The zero-order chi connectivity index (χ0) is 17.5. The summed E-state index contributed by atoms with van der Waals surface area (Å²) < 4.78 is 16.8. The zero-order valence-corrected chi connectivity index (χ0v) is 14.6. The van der Waals surface area contributed by atoms with Crippen molar-refractivity contribution in [2.45, 2.75) is 76.9 Å². The normalized spacial score (nSPS) is 35.5. The molecule has 0 spiro atoms. The fraction of sp³-hybridized carbons (Fsp3) is 0.882. The van der Waals surface area contributed by atoms with Crippen molar-refractivity contribution in [2.75, 3.05) is 13.2 Å². The van der Waals surface area contributed by atoms with Gasteiger partial charge >= 0.3 is 12.1 Å². The molecule has 0 radical (unpaired) electrons. The Hall–Kier alpha value is -1.34. The number of nitrogens with zero attached hydrogens (tertiary/aromatic N) is 1. The van der Waals surface area contributed by atoms with Crippen LogP contribution in [0.1, 0.15) is 52.9 Å². The Bertz CT molecular complexity index is 510. The third kappa shape index (κ3) is 3.52. The molecule has 3 rings (SSSR count). The van der Waals surface area contributed by atoms with Crippen LogP contribution in [0.15, 0.2) is 0 Å². The van der Waals surface area contributed by atoms with Crippen LogP contribution in [0, 0.1) is 5.41 Å². The maximum Gasteiger partial charge on any atom is 0.411 e. The molecule has 3 fully saturated rings. The fourth-order valence-electron chi connectivity index (χ4n) is 3.73. The molecule has 2 heterocycles. The lowest BCUT2D eigenvalue weighted by Crippen LogP contribution is -2.45. The van der Waals surface area contributed by atoms with Crippen LogP contribution in [-0.2, 0) is 19.0 Å². The summed E-state index contributed by atoms with van der Waals surface area (Å²) >= 11 is 0. The lowest BCUT2D eigenvalue weighted by atomic mass is 10.0. The standard InChI is InChI=1S/C17H27NO6/c1-16(2,3)24-15(21)18-11(14(19)20)8-17(9-12(17)18)10-23-13-6-4-5-7-22-13/h11-13H,4-10H2,1-3H3,(H,19,20)/t11-,12+,13?,17-/m0/s1. The molecule has 4 atom stereocenters. The molecule has 1 N–H and O–H groups in total. The van der Waals surface area contributed by atoms with Crippen LogP contribution in [0.5, 0.6) is 0 Å². The number of fused-ring (bicyclic) bond motifs is 1. The Balaban J connectivity index is 1.63. The molecule has 2 aliphatic heterocycles. The minimum Gasteiger partial charge on any atom is -0.480 e. The lowest BCUT2D eigenvalue weighted by molar-refractivity contribution is -0.171. The molecule has 136 valence electrons. The van der Waals surface area contributed by atoms with E-state index in [9.17, 15) is 14.7 Å². The van der Waals surface area contributed by atoms with Crippen molar-refractivity contribution in [3.8, 4) is 0 Å². The van der Waals surface area contributed by atoms with Gasteiger partial charge in [-0.05, 0) is 52.9 Å². The lowest BCUT2D eigenvalue weighted by Gasteiger charge is -2.28. The van der Waals surface area contributed by atoms with Gasteiger partial charge in [0.05, 0.1) is 6.61 Å². The van der Waals surface area contributed by atoms with Crippen molar-refractivity contribution < 1.29 is 28.9 Å². The smallest absolute Gasteiger partial charge is 0.411 e. The van der Waals surface area contributed by atoms with E-state index in [1.54, 1.807) is 20.8 Å². The Labute approximate surface area is 142 Å². The molecule has 1 amide bonds. The van der Waals surface area contributed by atoms with Gasteiger partial charge in [0.2, 0.25) is 0 Å². The number of hydrogen-bond acceptors (Lipinski definition) is 5. The molecular formula is C17H27NO6. The highest BCUT2D eigenvalue weighted by atomic mass is 16.7. The Morgan fingerprint density at radius 3 is 2.62 bits per heavy atom. The van der Waals surface area contributed by atoms with Crippen molar-refractivity contribution in [3.63, 3.8) is 0 Å². The maximum absolute atomic E-state index is 12.4. The topological polar surface area (TPSA) is 85.3 Å². The van der Waals surface area contributed by atoms with Gasteiger partial charge in [-0.15, -0.1) is 0 Å². The fourth-order valence-corrected chi connectivity index (χ4v) is 3.73. The Morgan fingerprint density at radius 1 is 1.29 bits per heavy atom. The van der Waals surface area contributed by atoms with Crippen LogP contribution in [0.3, 0.4) is 0 Å². The van der Waals surface area contributed by atoms with Crippen molar-refractivity contribution >= 4 is 12.1 Å². The zero-order valence-electron chi connectivity index (χ0n) is 14.6. The van der Waals surface area contributed by atoms with E-state index in [4.69, 9.17) is 14.2 Å². The average molecular weight is 341 g/mol. The van der Waals surface area contributed by atoms with E-state index in [1.807, 2.05) is 0 Å². The molecule has 24 heavy (non-hydrogen) atoms. The van der Waals surface area contributed by atoms with E-state index in [2.05, 4.69) is 0 Å². The van der Waals surface area contributed by atoms with Gasteiger partial charge in [0, 0.05) is 18.1 Å². The van der Waals surface area contributed by atoms with E-state index in [0.29, 0.717) is 19.6 Å². The highest BCUT2D eigenvalue weighted by Crippen LogP contribution is 2.60. The van der Waals surface area contributed by atoms with Gasteiger partial charge in [0.15, 0.2) is 6.29 Å². The summed E-state index contributed by atoms with van der Waals surface area (Å²) in [5, 5.41) is 9.49. The maximum atomic E-state index is 12.4. The van der Waals surface area contributed by atoms with Crippen LogP contribution < -0.4 is 0 Å². The van der Waals surface area contributed by atoms with Gasteiger partial charge in [0.1, 0.15) is 11.6 Å². The molecule has 2 saturated heterocycles. The molecule has 0 bridgehead atoms. The highest BCUT2D eigenvalue weighted by Gasteiger charge is 2.68. The number of rotatable bonds is 4. The van der Waals surface area contributed by atoms with Gasteiger partial charge in [-0.3, -0.25) is 4.90 Å². The molecule has 1 saturated carbocycles. The highest BCUT2D eigenvalue weighted by molar-refractivity contribution is 5.82. The first kappa shape index (κ1) is 17.5. The van der Waals surface area contributed by atoms with Gasteiger partial charge < -0.3 is 19.3 Å². The molecule has 0 aromatic heterocycles. The molecule has 0 aromatic rings. The van der Waals surface area contributed by atoms with Crippen molar-refractivity contribution in [1.29, 1.82) is 0 Å². The summed E-state index contributed by atoms with van der Waals surface area (Å²) in [5.41, 5.74) is -0.909. The average Bonchev–Trinajstić information content (AvgIpc) is 3.09. The van der Waals surface area contributed by atoms with Gasteiger partial charge in [-0.1, -0.05) is 0 Å². The van der Waals surface area contributed by atoms with Crippen LogP contribution in [0.4, 0.5) is 4.79 Å². The summed E-state index contributed by atoms with van der Waals surface area (Å²) in [5.74, 6) is -0.985. The predicted molar refractivity (Wildman–Crippen MR) is 84.5 cm³/mol. The Kier molecular flexibility index (Phi) is 4.51. The van der Waals surface area contributed by atoms with Gasteiger partial charge in [-0.25, -0.2) is 9.59 Å². The number of hydrogen-bond donors (Lipinski definition) is 1. The molecule has 1 aliphatic carbocycles. The summed E-state index contributed by atoms with van der Waals surface area (Å²) in [6.45, 7) is 6.48. The van der Waals surface area contributed by atoms with E-state index >= 15 is 0 Å². The first-order valence-electron chi connectivity index (χ1n) is 8.69. The number of likely N-dealkylation sites (tertiary alicyclic amines) is 1. The second kappa shape index (κ2) is 6.19. The van der Waals surface area contributed by atoms with Crippen LogP contribution in [0.2, 0.25) is 0 Å². The molecule has 0 aromatic carbocycles. The van der Waals surface area contributed by atoms with E-state index in [1.165, 1.54) is 4.90 Å². The third-order valence-corrected chi connectivity index (χ3v) is 5.00. The number of piperidine rings is 1. The molecular weight excluding hydrogens is 314 g/mol. The second-order valence-corrected chi connectivity index (χ2v) is 8.14. The first-order chi connectivity index (χ1) is 11.2. The number of aliphatic carboxylic acids is 1. The van der Waals surface area contributed by atoms with E-state index in [-0.39, 0.29) is 17.7 Å². The number of ether oxygens (including phenoxy) is 3. The molecule has 1 unspecified atom stereocenters. The minimum atomic E-state index is -0.985. The van der Waals surface area contributed by atoms with Gasteiger partial charge in [-0.2, -0.15) is 0 Å². The third-order valence-electron chi connectivity index (χ3n) is 5.00.